The zero-order valence-electron chi connectivity index (χ0n) is 11.8. The predicted molar refractivity (Wildman–Crippen MR) is 80.9 cm³/mol. The van der Waals surface area contributed by atoms with Crippen molar-refractivity contribution >= 4 is 11.6 Å². The summed E-state index contributed by atoms with van der Waals surface area (Å²) in [5, 5.41) is 11.8. The van der Waals surface area contributed by atoms with Crippen LogP contribution in [0.15, 0.2) is 42.5 Å². The number of rotatable bonds is 5. The number of nitrogen functional groups attached to an aromatic ring is 1. The van der Waals surface area contributed by atoms with Crippen LogP contribution in [0.25, 0.3) is 0 Å². The van der Waals surface area contributed by atoms with Crippen LogP contribution in [-0.2, 0) is 13.2 Å². The lowest BCUT2D eigenvalue weighted by atomic mass is 10.1. The van der Waals surface area contributed by atoms with Crippen molar-refractivity contribution in [1.82, 2.24) is 5.32 Å². The lowest BCUT2D eigenvalue weighted by Gasteiger charge is -2.09. The molecule has 5 nitrogen and oxygen atoms in total. The van der Waals surface area contributed by atoms with Crippen LogP contribution in [0.4, 0.5) is 5.69 Å². The van der Waals surface area contributed by atoms with E-state index in [-0.39, 0.29) is 12.5 Å². The van der Waals surface area contributed by atoms with Crippen molar-refractivity contribution in [1.29, 1.82) is 0 Å². The molecule has 0 unspecified atom stereocenters. The SMILES string of the molecule is COc1ccc(C(=O)NCc2ccc(CO)cc2)c(N)c1. The third-order valence-electron chi connectivity index (χ3n) is 3.16. The Morgan fingerprint density at radius 2 is 1.86 bits per heavy atom. The van der Waals surface area contributed by atoms with E-state index in [0.717, 1.165) is 11.1 Å². The Balaban J connectivity index is 2.00. The Bertz CT molecular complexity index is 624. The highest BCUT2D eigenvalue weighted by Crippen LogP contribution is 2.19. The quantitative estimate of drug-likeness (QED) is 0.730. The number of amides is 1. The first kappa shape index (κ1) is 14.9. The van der Waals surface area contributed by atoms with Gasteiger partial charge in [-0.25, -0.2) is 0 Å². The number of benzene rings is 2. The molecule has 0 radical (unpaired) electrons. The molecule has 0 atom stereocenters. The first-order valence-electron chi connectivity index (χ1n) is 6.54. The van der Waals surface area contributed by atoms with E-state index in [1.54, 1.807) is 25.3 Å². The van der Waals surface area contributed by atoms with Gasteiger partial charge in [0, 0.05) is 18.3 Å². The van der Waals surface area contributed by atoms with Crippen LogP contribution in [0, 0.1) is 0 Å². The van der Waals surface area contributed by atoms with Crippen LogP contribution in [-0.4, -0.2) is 18.1 Å². The number of nitrogens with one attached hydrogen (secondary N) is 1. The lowest BCUT2D eigenvalue weighted by Crippen LogP contribution is -2.23. The third kappa shape index (κ3) is 3.73. The van der Waals surface area contributed by atoms with Gasteiger partial charge in [-0.15, -0.1) is 0 Å². The van der Waals surface area contributed by atoms with Gasteiger partial charge in [0.25, 0.3) is 5.91 Å². The first-order chi connectivity index (χ1) is 10.1. The van der Waals surface area contributed by atoms with E-state index in [9.17, 15) is 4.79 Å². The van der Waals surface area contributed by atoms with Crippen molar-refractivity contribution in [2.45, 2.75) is 13.2 Å². The van der Waals surface area contributed by atoms with Crippen molar-refractivity contribution in [2.75, 3.05) is 12.8 Å². The number of carbonyl (C=O) groups is 1. The number of hydrogen-bond donors (Lipinski definition) is 3. The molecule has 2 aromatic carbocycles. The number of nitrogens with two attached hydrogens (primary N) is 1. The summed E-state index contributed by atoms with van der Waals surface area (Å²) in [4.78, 5) is 12.1. The van der Waals surface area contributed by atoms with Crippen molar-refractivity contribution in [3.8, 4) is 5.75 Å². The number of hydrogen-bond acceptors (Lipinski definition) is 4. The van der Waals surface area contributed by atoms with E-state index in [2.05, 4.69) is 5.32 Å². The van der Waals surface area contributed by atoms with Crippen LogP contribution >= 0.6 is 0 Å². The van der Waals surface area contributed by atoms with Gasteiger partial charge in [0.1, 0.15) is 5.75 Å². The summed E-state index contributed by atoms with van der Waals surface area (Å²) in [6.45, 7) is 0.408. The number of methoxy groups -OCH3 is 1. The molecular formula is C16H18N2O3. The minimum absolute atomic E-state index is 0.00895. The fourth-order valence-electron chi connectivity index (χ4n) is 1.91. The van der Waals surface area contributed by atoms with Crippen LogP contribution in [0.5, 0.6) is 5.75 Å². The van der Waals surface area contributed by atoms with E-state index in [1.807, 2.05) is 24.3 Å². The molecule has 0 aliphatic rings. The Kier molecular flexibility index (Phi) is 4.79. The second-order valence-corrected chi connectivity index (χ2v) is 4.61. The number of ether oxygens (including phenoxy) is 1. The largest absolute Gasteiger partial charge is 0.497 e. The topological polar surface area (TPSA) is 84.6 Å². The van der Waals surface area contributed by atoms with Gasteiger partial charge in [-0.3, -0.25) is 4.79 Å². The molecular weight excluding hydrogens is 268 g/mol. The zero-order valence-corrected chi connectivity index (χ0v) is 11.8. The second-order valence-electron chi connectivity index (χ2n) is 4.61. The first-order valence-corrected chi connectivity index (χ1v) is 6.54. The summed E-state index contributed by atoms with van der Waals surface area (Å²) in [5.74, 6) is 0.380. The summed E-state index contributed by atoms with van der Waals surface area (Å²) in [6.07, 6.45) is 0. The van der Waals surface area contributed by atoms with Gasteiger partial charge in [0.2, 0.25) is 0 Å². The summed E-state index contributed by atoms with van der Waals surface area (Å²) >= 11 is 0. The molecule has 0 aliphatic carbocycles. The highest BCUT2D eigenvalue weighted by atomic mass is 16.5. The Morgan fingerprint density at radius 3 is 2.43 bits per heavy atom. The number of anilines is 1. The van der Waals surface area contributed by atoms with E-state index >= 15 is 0 Å². The molecule has 0 heterocycles. The Morgan fingerprint density at radius 1 is 1.19 bits per heavy atom. The minimum Gasteiger partial charge on any atom is -0.497 e. The molecule has 5 heteroatoms. The summed E-state index contributed by atoms with van der Waals surface area (Å²) in [6, 6.07) is 12.3. The van der Waals surface area contributed by atoms with Gasteiger partial charge in [-0.2, -0.15) is 0 Å². The summed E-state index contributed by atoms with van der Waals surface area (Å²) < 4.78 is 5.05. The molecule has 0 saturated carbocycles. The molecule has 0 bridgehead atoms. The molecule has 0 spiro atoms. The zero-order chi connectivity index (χ0) is 15.2. The number of aliphatic hydroxyl groups excluding tert-OH is 1. The van der Waals surface area contributed by atoms with Crippen molar-refractivity contribution < 1.29 is 14.6 Å². The Hall–Kier alpha value is -2.53. The summed E-state index contributed by atoms with van der Waals surface area (Å²) in [5.41, 5.74) is 8.42. The molecule has 1 amide bonds. The third-order valence-corrected chi connectivity index (χ3v) is 3.16. The monoisotopic (exact) mass is 286 g/mol. The van der Waals surface area contributed by atoms with Gasteiger partial charge < -0.3 is 20.9 Å². The lowest BCUT2D eigenvalue weighted by molar-refractivity contribution is 0.0952. The van der Waals surface area contributed by atoms with E-state index < -0.39 is 0 Å². The fraction of sp³-hybridized carbons (Fsp3) is 0.188. The standard InChI is InChI=1S/C16H18N2O3/c1-21-13-6-7-14(15(17)8-13)16(20)18-9-11-2-4-12(10-19)5-3-11/h2-8,19H,9-10,17H2,1H3,(H,18,20). The molecule has 2 aromatic rings. The molecule has 0 aromatic heterocycles. The maximum atomic E-state index is 12.1. The average Bonchev–Trinajstić information content (AvgIpc) is 2.52. The van der Waals surface area contributed by atoms with Crippen molar-refractivity contribution in [3.05, 3.63) is 59.2 Å². The molecule has 0 aliphatic heterocycles. The van der Waals surface area contributed by atoms with Gasteiger partial charge in [-0.05, 0) is 23.3 Å². The Labute approximate surface area is 123 Å². The number of carbonyl (C=O) groups excluding carboxylic acids is 1. The maximum Gasteiger partial charge on any atom is 0.253 e. The highest BCUT2D eigenvalue weighted by molar-refractivity contribution is 5.99. The average molecular weight is 286 g/mol. The molecule has 4 N–H and O–H groups in total. The van der Waals surface area contributed by atoms with Crippen LogP contribution in [0.3, 0.4) is 0 Å². The van der Waals surface area contributed by atoms with Gasteiger partial charge >= 0.3 is 0 Å². The second kappa shape index (κ2) is 6.76. The van der Waals surface area contributed by atoms with E-state index in [4.69, 9.17) is 15.6 Å². The highest BCUT2D eigenvalue weighted by Gasteiger charge is 2.10. The minimum atomic E-state index is -0.235. The normalized spacial score (nSPS) is 10.2. The number of aliphatic hydroxyl groups is 1. The molecule has 0 saturated heterocycles. The fourth-order valence-corrected chi connectivity index (χ4v) is 1.91. The van der Waals surface area contributed by atoms with Gasteiger partial charge in [0.05, 0.1) is 19.3 Å². The van der Waals surface area contributed by atoms with Crippen LogP contribution in [0.1, 0.15) is 21.5 Å². The maximum absolute atomic E-state index is 12.1. The van der Waals surface area contributed by atoms with Gasteiger partial charge in [0.15, 0.2) is 0 Å². The van der Waals surface area contributed by atoms with Crippen molar-refractivity contribution in [2.24, 2.45) is 0 Å². The predicted octanol–water partition coefficient (Wildman–Crippen LogP) is 1.70. The van der Waals surface area contributed by atoms with Crippen LogP contribution in [0.2, 0.25) is 0 Å². The van der Waals surface area contributed by atoms with Crippen molar-refractivity contribution in [3.63, 3.8) is 0 Å². The van der Waals surface area contributed by atoms with E-state index in [1.165, 1.54) is 0 Å². The smallest absolute Gasteiger partial charge is 0.253 e. The van der Waals surface area contributed by atoms with Gasteiger partial charge in [-0.1, -0.05) is 24.3 Å². The molecule has 110 valence electrons. The molecule has 0 fully saturated rings. The summed E-state index contributed by atoms with van der Waals surface area (Å²) in [7, 11) is 1.55. The van der Waals surface area contributed by atoms with E-state index in [0.29, 0.717) is 23.5 Å². The van der Waals surface area contributed by atoms with Crippen LogP contribution < -0.4 is 15.8 Å². The molecule has 2 rings (SSSR count). The molecule has 21 heavy (non-hydrogen) atoms.